The summed E-state index contributed by atoms with van der Waals surface area (Å²) in [7, 11) is -1.47. The van der Waals surface area contributed by atoms with E-state index in [2.05, 4.69) is 10.3 Å². The number of anilines is 1. The summed E-state index contributed by atoms with van der Waals surface area (Å²) in [6.45, 7) is 1.71. The molecule has 136 valence electrons. The zero-order chi connectivity index (χ0) is 16.9. The van der Waals surface area contributed by atoms with Crippen molar-refractivity contribution in [2.45, 2.75) is 12.8 Å². The number of guanidine groups is 1. The lowest BCUT2D eigenvalue weighted by Crippen LogP contribution is -2.38. The van der Waals surface area contributed by atoms with Crippen LogP contribution in [0.2, 0.25) is 0 Å². The highest BCUT2D eigenvalue weighted by atomic mass is 127. The minimum atomic E-state index is -3.08. The molecule has 0 aliphatic carbocycles. The predicted molar refractivity (Wildman–Crippen MR) is 108 cm³/mol. The summed E-state index contributed by atoms with van der Waals surface area (Å²) in [6.07, 6.45) is 2.87. The minimum absolute atomic E-state index is 0. The molecule has 1 fully saturated rings. The predicted octanol–water partition coefficient (Wildman–Crippen LogP) is 1.71. The molecule has 1 aliphatic rings. The summed E-state index contributed by atoms with van der Waals surface area (Å²) in [5, 5.41) is 3.03. The van der Waals surface area contributed by atoms with Gasteiger partial charge in [-0.3, -0.25) is 4.99 Å². The molecule has 1 aliphatic heterocycles. The summed E-state index contributed by atoms with van der Waals surface area (Å²) in [4.78, 5) is 4.36. The highest BCUT2D eigenvalue weighted by Crippen LogP contribution is 2.20. The summed E-state index contributed by atoms with van der Waals surface area (Å²) in [5.41, 5.74) is 6.72. The molecule has 9 heteroatoms. The van der Waals surface area contributed by atoms with Gasteiger partial charge in [0, 0.05) is 31.4 Å². The van der Waals surface area contributed by atoms with Crippen LogP contribution in [0.3, 0.4) is 0 Å². The fourth-order valence-electron chi connectivity index (χ4n) is 2.54. The van der Waals surface area contributed by atoms with Crippen molar-refractivity contribution >= 4 is 45.6 Å². The average Bonchev–Trinajstić information content (AvgIpc) is 2.52. The number of benzene rings is 1. The van der Waals surface area contributed by atoms with Gasteiger partial charge in [0.25, 0.3) is 0 Å². The van der Waals surface area contributed by atoms with Crippen molar-refractivity contribution < 1.29 is 13.2 Å². The Morgan fingerprint density at radius 1 is 1.42 bits per heavy atom. The molecule has 0 saturated carbocycles. The van der Waals surface area contributed by atoms with Crippen LogP contribution < -0.4 is 15.8 Å². The quantitative estimate of drug-likeness (QED) is 0.390. The standard InChI is InChI=1S/C15H24N4O3S.HI/c1-22-14-5-3-4-13(10-14)18-15(16)17-11-12-6-8-19(9-7-12)23(2,20)21;/h3-5,10,12H,6-9,11H2,1-2H3,(H3,16,17,18);1H. The van der Waals surface area contributed by atoms with Gasteiger partial charge in [-0.15, -0.1) is 24.0 Å². The van der Waals surface area contributed by atoms with Gasteiger partial charge in [-0.25, -0.2) is 12.7 Å². The number of hydrogen-bond donors (Lipinski definition) is 2. The van der Waals surface area contributed by atoms with Crippen molar-refractivity contribution in [3.8, 4) is 5.75 Å². The number of aliphatic imine (C=N–C) groups is 1. The van der Waals surface area contributed by atoms with Gasteiger partial charge in [-0.2, -0.15) is 0 Å². The monoisotopic (exact) mass is 468 g/mol. The third-order valence-corrected chi connectivity index (χ3v) is 5.21. The third-order valence-electron chi connectivity index (χ3n) is 3.90. The normalized spacial score (nSPS) is 17.2. The minimum Gasteiger partial charge on any atom is -0.497 e. The first-order valence-electron chi connectivity index (χ1n) is 7.54. The molecule has 0 atom stereocenters. The second kappa shape index (κ2) is 9.42. The molecule has 0 radical (unpaired) electrons. The highest BCUT2D eigenvalue weighted by Gasteiger charge is 2.24. The molecule has 7 nitrogen and oxygen atoms in total. The molecule has 0 aromatic heterocycles. The Labute approximate surface area is 160 Å². The average molecular weight is 468 g/mol. The van der Waals surface area contributed by atoms with E-state index >= 15 is 0 Å². The molecule has 3 N–H and O–H groups in total. The van der Waals surface area contributed by atoms with E-state index < -0.39 is 10.0 Å². The Hall–Kier alpha value is -1.07. The molecule has 1 heterocycles. The number of piperidine rings is 1. The van der Waals surface area contributed by atoms with Gasteiger partial charge >= 0.3 is 0 Å². The number of sulfonamides is 1. The first-order chi connectivity index (χ1) is 10.9. The van der Waals surface area contributed by atoms with Crippen molar-refractivity contribution in [2.24, 2.45) is 16.6 Å². The van der Waals surface area contributed by atoms with E-state index in [0.29, 0.717) is 31.5 Å². The van der Waals surface area contributed by atoms with Gasteiger partial charge in [-0.05, 0) is 30.9 Å². The molecule has 1 aromatic carbocycles. The van der Waals surface area contributed by atoms with Crippen LogP contribution in [0.1, 0.15) is 12.8 Å². The molecule has 0 amide bonds. The smallest absolute Gasteiger partial charge is 0.211 e. The lowest BCUT2D eigenvalue weighted by atomic mass is 9.98. The fraction of sp³-hybridized carbons (Fsp3) is 0.533. The van der Waals surface area contributed by atoms with E-state index in [1.807, 2.05) is 24.3 Å². The molecular formula is C15H25IN4O3S. The number of nitrogens with one attached hydrogen (secondary N) is 1. The van der Waals surface area contributed by atoms with E-state index in [9.17, 15) is 8.42 Å². The summed E-state index contributed by atoms with van der Waals surface area (Å²) in [6, 6.07) is 7.45. The maximum atomic E-state index is 11.5. The van der Waals surface area contributed by atoms with Gasteiger partial charge in [0.1, 0.15) is 5.75 Å². The van der Waals surface area contributed by atoms with Gasteiger partial charge in [-0.1, -0.05) is 6.07 Å². The number of rotatable bonds is 5. The van der Waals surface area contributed by atoms with E-state index in [4.69, 9.17) is 10.5 Å². The van der Waals surface area contributed by atoms with Gasteiger partial charge in [0.2, 0.25) is 10.0 Å². The zero-order valence-corrected chi connectivity index (χ0v) is 17.1. The van der Waals surface area contributed by atoms with E-state index in [1.54, 1.807) is 7.11 Å². The van der Waals surface area contributed by atoms with Crippen molar-refractivity contribution in [1.29, 1.82) is 0 Å². The lowest BCUT2D eigenvalue weighted by Gasteiger charge is -2.29. The number of ether oxygens (including phenoxy) is 1. The van der Waals surface area contributed by atoms with Crippen LogP contribution in [0.25, 0.3) is 0 Å². The van der Waals surface area contributed by atoms with E-state index in [-0.39, 0.29) is 24.0 Å². The van der Waals surface area contributed by atoms with Crippen LogP contribution in [-0.2, 0) is 10.0 Å². The molecule has 0 bridgehead atoms. The van der Waals surface area contributed by atoms with Crippen molar-refractivity contribution in [1.82, 2.24) is 4.31 Å². The topological polar surface area (TPSA) is 97.0 Å². The van der Waals surface area contributed by atoms with Crippen LogP contribution in [0.5, 0.6) is 5.75 Å². The Balaban J connectivity index is 0.00000288. The van der Waals surface area contributed by atoms with Crippen LogP contribution in [0, 0.1) is 5.92 Å². The second-order valence-corrected chi connectivity index (χ2v) is 7.67. The van der Waals surface area contributed by atoms with E-state index in [0.717, 1.165) is 24.3 Å². The van der Waals surface area contributed by atoms with Crippen molar-refractivity contribution in [3.63, 3.8) is 0 Å². The second-order valence-electron chi connectivity index (χ2n) is 5.69. The first kappa shape index (κ1) is 21.0. The number of nitrogens with two attached hydrogens (primary N) is 1. The SMILES string of the molecule is COc1cccc(NC(N)=NCC2CCN(S(C)(=O)=O)CC2)c1.I. The van der Waals surface area contributed by atoms with E-state index in [1.165, 1.54) is 10.6 Å². The molecular weight excluding hydrogens is 443 g/mol. The Bertz CT molecular complexity index is 658. The maximum Gasteiger partial charge on any atom is 0.211 e. The molecule has 0 unspecified atom stereocenters. The molecule has 0 spiro atoms. The third kappa shape index (κ3) is 6.44. The maximum absolute atomic E-state index is 11.5. The number of halogens is 1. The van der Waals surface area contributed by atoms with Crippen LogP contribution in [0.4, 0.5) is 5.69 Å². The van der Waals surface area contributed by atoms with Crippen LogP contribution in [0.15, 0.2) is 29.3 Å². The Morgan fingerprint density at radius 2 is 2.08 bits per heavy atom. The fourth-order valence-corrected chi connectivity index (χ4v) is 3.41. The van der Waals surface area contributed by atoms with Crippen molar-refractivity contribution in [3.05, 3.63) is 24.3 Å². The summed E-state index contributed by atoms with van der Waals surface area (Å²) >= 11 is 0. The van der Waals surface area contributed by atoms with Gasteiger partial charge < -0.3 is 15.8 Å². The molecule has 1 aromatic rings. The number of methoxy groups -OCH3 is 1. The summed E-state index contributed by atoms with van der Waals surface area (Å²) in [5.74, 6) is 1.46. The largest absolute Gasteiger partial charge is 0.497 e. The Kier molecular flexibility index (Phi) is 8.23. The van der Waals surface area contributed by atoms with Crippen LogP contribution in [-0.4, -0.2) is 51.7 Å². The molecule has 1 saturated heterocycles. The number of nitrogens with zero attached hydrogens (tertiary/aromatic N) is 2. The molecule has 24 heavy (non-hydrogen) atoms. The Morgan fingerprint density at radius 3 is 2.67 bits per heavy atom. The van der Waals surface area contributed by atoms with Gasteiger partial charge in [0.15, 0.2) is 5.96 Å². The highest BCUT2D eigenvalue weighted by molar-refractivity contribution is 14.0. The molecule has 2 rings (SSSR count). The zero-order valence-electron chi connectivity index (χ0n) is 13.9. The first-order valence-corrected chi connectivity index (χ1v) is 9.39. The van der Waals surface area contributed by atoms with Crippen molar-refractivity contribution in [2.75, 3.05) is 38.3 Å². The lowest BCUT2D eigenvalue weighted by molar-refractivity contribution is 0.280. The van der Waals surface area contributed by atoms with Crippen LogP contribution >= 0.6 is 24.0 Å². The number of hydrogen-bond acceptors (Lipinski definition) is 4. The van der Waals surface area contributed by atoms with Gasteiger partial charge in [0.05, 0.1) is 13.4 Å². The summed E-state index contributed by atoms with van der Waals surface area (Å²) < 4.78 is 29.6.